The summed E-state index contributed by atoms with van der Waals surface area (Å²) in [6, 6.07) is 2.13. The number of nitro groups is 1. The van der Waals surface area contributed by atoms with E-state index in [0.717, 1.165) is 31.2 Å². The van der Waals surface area contributed by atoms with Gasteiger partial charge in [0.25, 0.3) is 5.69 Å². The summed E-state index contributed by atoms with van der Waals surface area (Å²) in [7, 11) is 0. The Balaban J connectivity index is 2.41. The molecule has 0 radical (unpaired) electrons. The number of nitrogens with one attached hydrogen (secondary N) is 1. The van der Waals surface area contributed by atoms with Gasteiger partial charge in [0.15, 0.2) is 0 Å². The maximum atomic E-state index is 13.2. The van der Waals surface area contributed by atoms with Crippen molar-refractivity contribution in [2.24, 2.45) is 5.92 Å². The van der Waals surface area contributed by atoms with Crippen molar-refractivity contribution in [2.75, 3.05) is 11.9 Å². The highest BCUT2D eigenvalue weighted by Crippen LogP contribution is 2.30. The van der Waals surface area contributed by atoms with Crippen molar-refractivity contribution >= 4 is 23.0 Å². The van der Waals surface area contributed by atoms with Gasteiger partial charge in [0.05, 0.1) is 16.0 Å². The van der Waals surface area contributed by atoms with E-state index in [0.29, 0.717) is 6.54 Å². The lowest BCUT2D eigenvalue weighted by atomic mass is 10.0. The number of rotatable bonds is 9. The van der Waals surface area contributed by atoms with E-state index in [1.807, 2.05) is 0 Å². The number of nitrogens with zero attached hydrogens (tertiary/aromatic N) is 1. The van der Waals surface area contributed by atoms with E-state index >= 15 is 0 Å². The first kappa shape index (κ1) is 17.7. The van der Waals surface area contributed by atoms with Gasteiger partial charge in [-0.3, -0.25) is 10.1 Å². The minimum atomic E-state index is -0.775. The van der Waals surface area contributed by atoms with Crippen LogP contribution in [0, 0.1) is 21.8 Å². The van der Waals surface area contributed by atoms with Crippen LogP contribution in [-0.4, -0.2) is 11.5 Å². The Bertz CT molecular complexity index is 481. The third-order valence-corrected chi connectivity index (χ3v) is 3.55. The second-order valence-corrected chi connectivity index (χ2v) is 5.97. The summed E-state index contributed by atoms with van der Waals surface area (Å²) >= 11 is 5.66. The molecular formula is C15H22ClFN2O2. The van der Waals surface area contributed by atoms with Crippen molar-refractivity contribution in [1.29, 1.82) is 0 Å². The highest BCUT2D eigenvalue weighted by Gasteiger charge is 2.17. The second-order valence-electron chi connectivity index (χ2n) is 5.56. The quantitative estimate of drug-likeness (QED) is 0.376. The number of unbranched alkanes of at least 4 members (excludes halogenated alkanes) is 3. The van der Waals surface area contributed by atoms with Crippen LogP contribution < -0.4 is 5.32 Å². The molecule has 0 atom stereocenters. The zero-order valence-corrected chi connectivity index (χ0v) is 13.3. The van der Waals surface area contributed by atoms with Gasteiger partial charge in [0.2, 0.25) is 0 Å². The highest BCUT2D eigenvalue weighted by atomic mass is 35.5. The van der Waals surface area contributed by atoms with Crippen molar-refractivity contribution in [1.82, 2.24) is 0 Å². The fraction of sp³-hybridized carbons (Fsp3) is 0.600. The van der Waals surface area contributed by atoms with Gasteiger partial charge in [0, 0.05) is 6.54 Å². The number of anilines is 1. The van der Waals surface area contributed by atoms with E-state index < -0.39 is 10.7 Å². The number of hydrogen-bond donors (Lipinski definition) is 1. The fourth-order valence-electron chi connectivity index (χ4n) is 2.08. The molecule has 0 aliphatic carbocycles. The molecule has 1 rings (SSSR count). The topological polar surface area (TPSA) is 55.2 Å². The molecule has 0 saturated carbocycles. The second kappa shape index (κ2) is 8.82. The Kier molecular flexibility index (Phi) is 7.43. The molecule has 21 heavy (non-hydrogen) atoms. The molecule has 4 nitrogen and oxygen atoms in total. The molecule has 0 heterocycles. The predicted octanol–water partition coefficient (Wildman–Crippen LogP) is 5.41. The first-order valence-corrected chi connectivity index (χ1v) is 7.67. The van der Waals surface area contributed by atoms with Crippen LogP contribution in [0.25, 0.3) is 0 Å². The number of halogens is 2. The average Bonchev–Trinajstić information content (AvgIpc) is 2.40. The first-order valence-electron chi connectivity index (χ1n) is 7.29. The summed E-state index contributed by atoms with van der Waals surface area (Å²) in [5, 5.41) is 13.7. The summed E-state index contributed by atoms with van der Waals surface area (Å²) in [5.74, 6) is -0.0465. The maximum absolute atomic E-state index is 13.2. The first-order chi connectivity index (χ1) is 9.91. The molecule has 118 valence electrons. The summed E-state index contributed by atoms with van der Waals surface area (Å²) in [5.41, 5.74) is -0.00899. The molecule has 0 aliphatic heterocycles. The largest absolute Gasteiger partial charge is 0.379 e. The summed E-state index contributed by atoms with van der Waals surface area (Å²) in [6.07, 6.45) is 5.59. The fourth-order valence-corrected chi connectivity index (χ4v) is 2.25. The van der Waals surface area contributed by atoms with Crippen LogP contribution >= 0.6 is 11.6 Å². The summed E-state index contributed by atoms with van der Waals surface area (Å²) in [6.45, 7) is 5.03. The van der Waals surface area contributed by atoms with Gasteiger partial charge in [0.1, 0.15) is 11.5 Å². The van der Waals surface area contributed by atoms with Gasteiger partial charge in [-0.15, -0.1) is 0 Å². The van der Waals surface area contributed by atoms with Crippen LogP contribution in [0.3, 0.4) is 0 Å². The zero-order chi connectivity index (χ0) is 15.8. The molecule has 1 aromatic carbocycles. The van der Waals surface area contributed by atoms with Crippen molar-refractivity contribution in [3.8, 4) is 0 Å². The molecule has 0 unspecified atom stereocenters. The SMILES string of the molecule is CC(C)CCCCCCNc1cc(Cl)c(F)cc1[N+](=O)[O-]. The van der Waals surface area contributed by atoms with E-state index in [4.69, 9.17) is 11.6 Å². The Labute approximate surface area is 129 Å². The standard InChI is InChI=1S/C15H22ClFN2O2/c1-11(2)7-5-3-4-6-8-18-14-9-12(16)13(17)10-15(14)19(20)21/h9-11,18H,3-8H2,1-2H3. The van der Waals surface area contributed by atoms with Crippen LogP contribution in [0.15, 0.2) is 12.1 Å². The van der Waals surface area contributed by atoms with Crippen LogP contribution in [-0.2, 0) is 0 Å². The Morgan fingerprint density at radius 3 is 2.57 bits per heavy atom. The minimum Gasteiger partial charge on any atom is -0.379 e. The molecule has 0 bridgehead atoms. The molecular weight excluding hydrogens is 295 g/mol. The molecule has 6 heteroatoms. The molecule has 1 N–H and O–H groups in total. The van der Waals surface area contributed by atoms with Gasteiger partial charge in [-0.2, -0.15) is 0 Å². The minimum absolute atomic E-state index is 0.111. The zero-order valence-electron chi connectivity index (χ0n) is 12.5. The number of nitro benzene ring substituents is 1. The van der Waals surface area contributed by atoms with Crippen molar-refractivity contribution in [3.05, 3.63) is 33.1 Å². The molecule has 0 amide bonds. The van der Waals surface area contributed by atoms with Gasteiger partial charge < -0.3 is 5.32 Å². The van der Waals surface area contributed by atoms with E-state index in [1.54, 1.807) is 0 Å². The highest BCUT2D eigenvalue weighted by molar-refractivity contribution is 6.31. The van der Waals surface area contributed by atoms with E-state index in [9.17, 15) is 14.5 Å². The van der Waals surface area contributed by atoms with Crippen LogP contribution in [0.5, 0.6) is 0 Å². The van der Waals surface area contributed by atoms with E-state index in [2.05, 4.69) is 19.2 Å². The number of hydrogen-bond acceptors (Lipinski definition) is 3. The molecule has 0 saturated heterocycles. The van der Waals surface area contributed by atoms with Crippen LogP contribution in [0.1, 0.15) is 46.0 Å². The lowest BCUT2D eigenvalue weighted by Crippen LogP contribution is -2.05. The molecule has 1 aromatic rings. The monoisotopic (exact) mass is 316 g/mol. The Morgan fingerprint density at radius 2 is 1.95 bits per heavy atom. The van der Waals surface area contributed by atoms with E-state index in [-0.39, 0.29) is 16.4 Å². The number of benzene rings is 1. The summed E-state index contributed by atoms with van der Waals surface area (Å²) in [4.78, 5) is 10.3. The van der Waals surface area contributed by atoms with Crippen LogP contribution in [0.2, 0.25) is 5.02 Å². The van der Waals surface area contributed by atoms with Crippen molar-refractivity contribution < 1.29 is 9.31 Å². The molecule has 0 aromatic heterocycles. The van der Waals surface area contributed by atoms with Gasteiger partial charge in [-0.1, -0.05) is 51.1 Å². The molecule has 0 spiro atoms. The third kappa shape index (κ3) is 6.29. The summed E-state index contributed by atoms with van der Waals surface area (Å²) < 4.78 is 13.2. The van der Waals surface area contributed by atoms with Crippen molar-refractivity contribution in [2.45, 2.75) is 46.0 Å². The normalized spacial score (nSPS) is 10.9. The van der Waals surface area contributed by atoms with Gasteiger partial charge >= 0.3 is 0 Å². The van der Waals surface area contributed by atoms with Crippen LogP contribution in [0.4, 0.5) is 15.8 Å². The lowest BCUT2D eigenvalue weighted by molar-refractivity contribution is -0.384. The van der Waals surface area contributed by atoms with E-state index in [1.165, 1.54) is 18.9 Å². The Morgan fingerprint density at radius 1 is 1.29 bits per heavy atom. The van der Waals surface area contributed by atoms with Gasteiger partial charge in [-0.05, 0) is 18.4 Å². The average molecular weight is 317 g/mol. The predicted molar refractivity (Wildman–Crippen MR) is 84.5 cm³/mol. The maximum Gasteiger partial charge on any atom is 0.295 e. The lowest BCUT2D eigenvalue weighted by Gasteiger charge is -2.08. The third-order valence-electron chi connectivity index (χ3n) is 3.26. The molecule has 0 fully saturated rings. The van der Waals surface area contributed by atoms with Crippen molar-refractivity contribution in [3.63, 3.8) is 0 Å². The smallest absolute Gasteiger partial charge is 0.295 e. The Hall–Kier alpha value is -1.36. The van der Waals surface area contributed by atoms with Gasteiger partial charge in [-0.25, -0.2) is 4.39 Å². The molecule has 0 aliphatic rings.